The lowest BCUT2D eigenvalue weighted by molar-refractivity contribution is 0.263. The van der Waals surface area contributed by atoms with Gasteiger partial charge in [-0.05, 0) is 51.4 Å². The first kappa shape index (κ1) is 11.5. The van der Waals surface area contributed by atoms with Crippen molar-refractivity contribution in [3.63, 3.8) is 0 Å². The number of rotatable bonds is 5. The third kappa shape index (κ3) is 3.53. The molecular weight excluding hydrogens is 198 g/mol. The molecule has 0 unspecified atom stereocenters. The fourth-order valence-electron chi connectivity index (χ4n) is 2.12. The van der Waals surface area contributed by atoms with E-state index in [0.717, 1.165) is 18.8 Å². The minimum absolute atomic E-state index is 0.833. The molecule has 0 aliphatic carbocycles. The lowest BCUT2D eigenvalue weighted by Crippen LogP contribution is -2.21. The molecule has 1 aromatic carbocycles. The monoisotopic (exact) mass is 219 g/mol. The van der Waals surface area contributed by atoms with Crippen molar-refractivity contribution in [1.82, 2.24) is 4.90 Å². The van der Waals surface area contributed by atoms with Crippen LogP contribution in [0.5, 0.6) is 5.75 Å². The number of hydrogen-bond acceptors (Lipinski definition) is 2. The molecule has 0 amide bonds. The van der Waals surface area contributed by atoms with Crippen molar-refractivity contribution in [1.29, 1.82) is 0 Å². The third-order valence-electron chi connectivity index (χ3n) is 3.11. The average Bonchev–Trinajstić information content (AvgIpc) is 2.80. The van der Waals surface area contributed by atoms with E-state index in [9.17, 15) is 0 Å². The second kappa shape index (κ2) is 5.90. The Labute approximate surface area is 98.2 Å². The second-order valence-electron chi connectivity index (χ2n) is 4.56. The quantitative estimate of drug-likeness (QED) is 0.706. The number of aryl methyl sites for hydroxylation is 1. The molecule has 2 rings (SSSR count). The summed E-state index contributed by atoms with van der Waals surface area (Å²) in [6.45, 7) is 6.68. The Morgan fingerprint density at radius 3 is 2.50 bits per heavy atom. The van der Waals surface area contributed by atoms with Gasteiger partial charge in [0.15, 0.2) is 0 Å². The van der Waals surface area contributed by atoms with Crippen LogP contribution in [-0.2, 0) is 0 Å². The number of likely N-dealkylation sites (tertiary alicyclic amines) is 1. The molecule has 0 N–H and O–H groups in total. The summed E-state index contributed by atoms with van der Waals surface area (Å²) in [6.07, 6.45) is 3.88. The van der Waals surface area contributed by atoms with Crippen molar-refractivity contribution >= 4 is 0 Å². The first-order valence-electron chi connectivity index (χ1n) is 6.26. The van der Waals surface area contributed by atoms with E-state index in [0.29, 0.717) is 0 Å². The number of hydrogen-bond donors (Lipinski definition) is 0. The normalized spacial score (nSPS) is 16.6. The van der Waals surface area contributed by atoms with Crippen LogP contribution in [0.2, 0.25) is 0 Å². The highest BCUT2D eigenvalue weighted by molar-refractivity contribution is 5.26. The van der Waals surface area contributed by atoms with Gasteiger partial charge in [0.2, 0.25) is 0 Å². The van der Waals surface area contributed by atoms with Crippen molar-refractivity contribution in [2.45, 2.75) is 26.2 Å². The summed E-state index contributed by atoms with van der Waals surface area (Å²) in [7, 11) is 0. The first-order valence-corrected chi connectivity index (χ1v) is 6.26. The van der Waals surface area contributed by atoms with Gasteiger partial charge in [-0.3, -0.25) is 0 Å². The van der Waals surface area contributed by atoms with Gasteiger partial charge in [-0.1, -0.05) is 17.7 Å². The fraction of sp³-hybridized carbons (Fsp3) is 0.571. The van der Waals surface area contributed by atoms with Crippen molar-refractivity contribution in [2.24, 2.45) is 0 Å². The molecule has 0 saturated carbocycles. The van der Waals surface area contributed by atoms with E-state index in [4.69, 9.17) is 4.74 Å². The maximum atomic E-state index is 5.69. The van der Waals surface area contributed by atoms with Gasteiger partial charge >= 0.3 is 0 Å². The number of ether oxygens (including phenoxy) is 1. The highest BCUT2D eigenvalue weighted by Crippen LogP contribution is 2.12. The molecule has 0 bridgehead atoms. The van der Waals surface area contributed by atoms with Crippen LogP contribution in [0.3, 0.4) is 0 Å². The first-order chi connectivity index (χ1) is 7.84. The van der Waals surface area contributed by atoms with E-state index in [1.54, 1.807) is 0 Å². The van der Waals surface area contributed by atoms with E-state index in [1.165, 1.54) is 38.0 Å². The smallest absolute Gasteiger partial charge is 0.119 e. The summed E-state index contributed by atoms with van der Waals surface area (Å²) in [5.74, 6) is 0.993. The van der Waals surface area contributed by atoms with Gasteiger partial charge in [0, 0.05) is 6.54 Å². The van der Waals surface area contributed by atoms with Gasteiger partial charge in [0.05, 0.1) is 6.61 Å². The van der Waals surface area contributed by atoms with Crippen LogP contribution in [0.4, 0.5) is 0 Å². The summed E-state index contributed by atoms with van der Waals surface area (Å²) in [4.78, 5) is 2.53. The largest absolute Gasteiger partial charge is 0.494 e. The third-order valence-corrected chi connectivity index (χ3v) is 3.11. The van der Waals surface area contributed by atoms with E-state index in [2.05, 4.69) is 24.0 Å². The zero-order chi connectivity index (χ0) is 11.2. The highest BCUT2D eigenvalue weighted by Gasteiger charge is 2.10. The molecular formula is C14H21NO. The van der Waals surface area contributed by atoms with Gasteiger partial charge in [0.25, 0.3) is 0 Å². The van der Waals surface area contributed by atoms with Crippen molar-refractivity contribution < 1.29 is 4.74 Å². The van der Waals surface area contributed by atoms with Gasteiger partial charge < -0.3 is 9.64 Å². The molecule has 88 valence electrons. The van der Waals surface area contributed by atoms with Crippen molar-refractivity contribution in [3.05, 3.63) is 29.8 Å². The van der Waals surface area contributed by atoms with Gasteiger partial charge in [-0.2, -0.15) is 0 Å². The fourth-order valence-corrected chi connectivity index (χ4v) is 2.12. The Hall–Kier alpha value is -1.02. The SMILES string of the molecule is Cc1ccc(OCCCN2CCCC2)cc1. The number of nitrogens with zero attached hydrogens (tertiary/aromatic N) is 1. The van der Waals surface area contributed by atoms with Crippen molar-refractivity contribution in [2.75, 3.05) is 26.2 Å². The Kier molecular flexibility index (Phi) is 4.23. The van der Waals surface area contributed by atoms with Crippen LogP contribution < -0.4 is 4.74 Å². The molecule has 1 aromatic rings. The minimum atomic E-state index is 0.833. The minimum Gasteiger partial charge on any atom is -0.494 e. The molecule has 0 radical (unpaired) electrons. The van der Waals surface area contributed by atoms with Gasteiger partial charge in [0.1, 0.15) is 5.75 Å². The van der Waals surface area contributed by atoms with Crippen LogP contribution >= 0.6 is 0 Å². The summed E-state index contributed by atoms with van der Waals surface area (Å²) in [5.41, 5.74) is 1.28. The van der Waals surface area contributed by atoms with E-state index in [1.807, 2.05) is 12.1 Å². The molecule has 1 saturated heterocycles. The predicted molar refractivity (Wildman–Crippen MR) is 67.0 cm³/mol. The molecule has 0 aromatic heterocycles. The lowest BCUT2D eigenvalue weighted by Gasteiger charge is -2.14. The standard InChI is InChI=1S/C14H21NO/c1-13-5-7-14(8-6-13)16-12-4-11-15-9-2-3-10-15/h5-8H,2-4,9-12H2,1H3. The molecule has 0 atom stereocenters. The predicted octanol–water partition coefficient (Wildman–Crippen LogP) is 2.86. The van der Waals surface area contributed by atoms with Crippen LogP contribution in [-0.4, -0.2) is 31.1 Å². The second-order valence-corrected chi connectivity index (χ2v) is 4.56. The molecule has 1 fully saturated rings. The van der Waals surface area contributed by atoms with E-state index < -0.39 is 0 Å². The van der Waals surface area contributed by atoms with E-state index in [-0.39, 0.29) is 0 Å². The molecule has 0 spiro atoms. The molecule has 1 aliphatic heterocycles. The molecule has 16 heavy (non-hydrogen) atoms. The van der Waals surface area contributed by atoms with Crippen LogP contribution in [0.15, 0.2) is 24.3 Å². The molecule has 2 heteroatoms. The Morgan fingerprint density at radius 1 is 1.12 bits per heavy atom. The Morgan fingerprint density at radius 2 is 1.81 bits per heavy atom. The Bertz CT molecular complexity index is 301. The van der Waals surface area contributed by atoms with Crippen LogP contribution in [0.25, 0.3) is 0 Å². The summed E-state index contributed by atoms with van der Waals surface area (Å²) >= 11 is 0. The van der Waals surface area contributed by atoms with Crippen LogP contribution in [0, 0.1) is 6.92 Å². The highest BCUT2D eigenvalue weighted by atomic mass is 16.5. The topological polar surface area (TPSA) is 12.5 Å². The molecule has 2 nitrogen and oxygen atoms in total. The zero-order valence-corrected chi connectivity index (χ0v) is 10.1. The summed E-state index contributed by atoms with van der Waals surface area (Å²) < 4.78 is 5.69. The van der Waals surface area contributed by atoms with Gasteiger partial charge in [-0.15, -0.1) is 0 Å². The molecule has 1 heterocycles. The summed E-state index contributed by atoms with van der Waals surface area (Å²) in [6, 6.07) is 8.28. The maximum Gasteiger partial charge on any atom is 0.119 e. The van der Waals surface area contributed by atoms with Crippen molar-refractivity contribution in [3.8, 4) is 5.75 Å². The maximum absolute atomic E-state index is 5.69. The van der Waals surface area contributed by atoms with E-state index >= 15 is 0 Å². The molecule has 1 aliphatic rings. The van der Waals surface area contributed by atoms with Gasteiger partial charge in [-0.25, -0.2) is 0 Å². The zero-order valence-electron chi connectivity index (χ0n) is 10.1. The average molecular weight is 219 g/mol. The lowest BCUT2D eigenvalue weighted by atomic mass is 10.2. The number of benzene rings is 1. The summed E-state index contributed by atoms with van der Waals surface area (Å²) in [5, 5.41) is 0. The van der Waals surface area contributed by atoms with Crippen LogP contribution in [0.1, 0.15) is 24.8 Å². The Balaban J connectivity index is 1.62.